The molecule has 0 aromatic rings. The Kier molecular flexibility index (Phi) is 3.73. The summed E-state index contributed by atoms with van der Waals surface area (Å²) in [6, 6.07) is 0. The van der Waals surface area contributed by atoms with Gasteiger partial charge in [-0.15, -0.1) is 0 Å². The molecule has 1 unspecified atom stereocenters. The maximum absolute atomic E-state index is 11.3. The number of hydrogen-bond acceptors (Lipinski definition) is 4. The Morgan fingerprint density at radius 1 is 1.41 bits per heavy atom. The number of carbonyl (C=O) groups excluding carboxylic acids is 1. The minimum absolute atomic E-state index is 0.273. The van der Waals surface area contributed by atoms with Crippen LogP contribution in [-0.2, 0) is 9.53 Å². The van der Waals surface area contributed by atoms with Crippen molar-refractivity contribution in [1.82, 2.24) is 5.32 Å². The van der Waals surface area contributed by atoms with Gasteiger partial charge in [-0.05, 0) is 56.9 Å². The summed E-state index contributed by atoms with van der Waals surface area (Å²) in [6.45, 7) is 2.69. The number of carbonyl (C=O) groups is 1. The molecule has 0 radical (unpaired) electrons. The van der Waals surface area contributed by atoms with E-state index in [9.17, 15) is 9.90 Å². The van der Waals surface area contributed by atoms with Crippen LogP contribution in [0.3, 0.4) is 0 Å². The molecule has 0 amide bonds. The zero-order valence-corrected chi connectivity index (χ0v) is 10.7. The van der Waals surface area contributed by atoms with E-state index in [2.05, 4.69) is 10.1 Å². The highest BCUT2D eigenvalue weighted by Crippen LogP contribution is 2.48. The van der Waals surface area contributed by atoms with Crippen LogP contribution in [0.25, 0.3) is 0 Å². The molecule has 0 saturated heterocycles. The van der Waals surface area contributed by atoms with Gasteiger partial charge >= 0.3 is 5.97 Å². The topological polar surface area (TPSA) is 58.6 Å². The molecule has 0 bridgehead atoms. The largest absolute Gasteiger partial charge is 0.467 e. The highest BCUT2D eigenvalue weighted by molar-refractivity contribution is 5.78. The number of rotatable bonds is 7. The van der Waals surface area contributed by atoms with Gasteiger partial charge < -0.3 is 15.2 Å². The van der Waals surface area contributed by atoms with Crippen LogP contribution in [0.2, 0.25) is 0 Å². The van der Waals surface area contributed by atoms with Crippen LogP contribution < -0.4 is 5.32 Å². The molecule has 4 nitrogen and oxygen atoms in total. The molecule has 4 heteroatoms. The smallest absolute Gasteiger partial charge is 0.338 e. The second-order valence-electron chi connectivity index (χ2n) is 5.74. The van der Waals surface area contributed by atoms with Crippen molar-refractivity contribution in [1.29, 1.82) is 0 Å². The SMILES string of the molecule is COC(=O)C(C)(O)CNCC(C1CC1)C1CC1. The van der Waals surface area contributed by atoms with Crippen molar-refractivity contribution >= 4 is 5.97 Å². The Balaban J connectivity index is 1.72. The lowest BCUT2D eigenvalue weighted by atomic mass is 9.97. The fourth-order valence-corrected chi connectivity index (χ4v) is 2.54. The van der Waals surface area contributed by atoms with Crippen molar-refractivity contribution in [3.63, 3.8) is 0 Å². The Bertz CT molecular complexity index is 270. The summed E-state index contributed by atoms with van der Waals surface area (Å²) in [5, 5.41) is 13.1. The van der Waals surface area contributed by atoms with Crippen LogP contribution in [0, 0.1) is 17.8 Å². The summed E-state index contributed by atoms with van der Waals surface area (Å²) < 4.78 is 4.56. The number of ether oxygens (including phenoxy) is 1. The first kappa shape index (κ1) is 12.8. The highest BCUT2D eigenvalue weighted by atomic mass is 16.5. The van der Waals surface area contributed by atoms with E-state index >= 15 is 0 Å². The van der Waals surface area contributed by atoms with Gasteiger partial charge in [0, 0.05) is 6.54 Å². The molecule has 0 aromatic carbocycles. The summed E-state index contributed by atoms with van der Waals surface area (Å²) in [6.07, 6.45) is 5.43. The average molecular weight is 241 g/mol. The molecule has 0 aliphatic heterocycles. The van der Waals surface area contributed by atoms with Crippen LogP contribution in [0.4, 0.5) is 0 Å². The van der Waals surface area contributed by atoms with Gasteiger partial charge in [0.15, 0.2) is 5.60 Å². The summed E-state index contributed by atoms with van der Waals surface area (Å²) in [5.74, 6) is 1.96. The molecule has 2 aliphatic carbocycles. The number of esters is 1. The molecular formula is C13H23NO3. The van der Waals surface area contributed by atoms with Crippen molar-refractivity contribution in [2.24, 2.45) is 17.8 Å². The zero-order valence-electron chi connectivity index (χ0n) is 10.7. The number of methoxy groups -OCH3 is 1. The first-order valence-corrected chi connectivity index (χ1v) is 6.56. The maximum Gasteiger partial charge on any atom is 0.338 e. The standard InChI is InChI=1S/C13H23NO3/c1-13(16,12(15)17-2)8-14-7-11(9-3-4-9)10-5-6-10/h9-11,14,16H,3-8H2,1-2H3. The number of hydrogen-bond donors (Lipinski definition) is 2. The number of aliphatic hydroxyl groups is 1. The second kappa shape index (κ2) is 4.94. The molecule has 0 heterocycles. The van der Waals surface area contributed by atoms with Crippen LogP contribution in [0.5, 0.6) is 0 Å². The summed E-state index contributed by atoms with van der Waals surface area (Å²) in [5.41, 5.74) is -1.41. The lowest BCUT2D eigenvalue weighted by Crippen LogP contribution is -2.46. The van der Waals surface area contributed by atoms with Gasteiger partial charge in [-0.2, -0.15) is 0 Å². The first-order valence-electron chi connectivity index (χ1n) is 6.56. The lowest BCUT2D eigenvalue weighted by molar-refractivity contribution is -0.159. The summed E-state index contributed by atoms with van der Waals surface area (Å²) in [4.78, 5) is 11.3. The van der Waals surface area contributed by atoms with Gasteiger partial charge in [-0.3, -0.25) is 0 Å². The molecule has 98 valence electrons. The van der Waals surface area contributed by atoms with E-state index in [1.54, 1.807) is 0 Å². The molecule has 2 fully saturated rings. The fourth-order valence-electron chi connectivity index (χ4n) is 2.54. The Hall–Kier alpha value is -0.610. The minimum atomic E-state index is -1.41. The van der Waals surface area contributed by atoms with Crippen LogP contribution >= 0.6 is 0 Å². The molecule has 2 aliphatic rings. The van der Waals surface area contributed by atoms with E-state index in [0.29, 0.717) is 0 Å². The summed E-state index contributed by atoms with van der Waals surface area (Å²) in [7, 11) is 1.30. The molecule has 1 atom stereocenters. The Morgan fingerprint density at radius 3 is 2.35 bits per heavy atom. The van der Waals surface area contributed by atoms with Crippen molar-refractivity contribution in [2.45, 2.75) is 38.2 Å². The van der Waals surface area contributed by atoms with Crippen LogP contribution in [0.1, 0.15) is 32.6 Å². The van der Waals surface area contributed by atoms with Crippen molar-refractivity contribution in [3.05, 3.63) is 0 Å². The highest BCUT2D eigenvalue weighted by Gasteiger charge is 2.41. The van der Waals surface area contributed by atoms with Crippen molar-refractivity contribution in [2.75, 3.05) is 20.2 Å². The van der Waals surface area contributed by atoms with Gasteiger partial charge in [0.05, 0.1) is 7.11 Å². The van der Waals surface area contributed by atoms with Gasteiger partial charge in [-0.1, -0.05) is 0 Å². The van der Waals surface area contributed by atoms with Crippen LogP contribution in [-0.4, -0.2) is 36.9 Å². The normalized spacial score (nSPS) is 23.5. The molecule has 0 spiro atoms. The third-order valence-electron chi connectivity index (χ3n) is 3.93. The molecule has 2 rings (SSSR count). The average Bonchev–Trinajstić information content (AvgIpc) is 3.15. The van der Waals surface area contributed by atoms with Crippen molar-refractivity contribution < 1.29 is 14.6 Å². The fraction of sp³-hybridized carbons (Fsp3) is 0.923. The van der Waals surface area contributed by atoms with Gasteiger partial charge in [-0.25, -0.2) is 4.79 Å². The van der Waals surface area contributed by atoms with Crippen LogP contribution in [0.15, 0.2) is 0 Å². The van der Waals surface area contributed by atoms with Crippen molar-refractivity contribution in [3.8, 4) is 0 Å². The van der Waals surface area contributed by atoms with E-state index in [-0.39, 0.29) is 6.54 Å². The minimum Gasteiger partial charge on any atom is -0.467 e. The molecular weight excluding hydrogens is 218 g/mol. The Labute approximate surface area is 103 Å². The molecule has 2 saturated carbocycles. The van der Waals surface area contributed by atoms with E-state index < -0.39 is 11.6 Å². The Morgan fingerprint density at radius 2 is 1.94 bits per heavy atom. The van der Waals surface area contributed by atoms with E-state index in [1.807, 2.05) is 0 Å². The predicted molar refractivity (Wildman–Crippen MR) is 64.4 cm³/mol. The molecule has 0 aromatic heterocycles. The third kappa shape index (κ3) is 3.42. The number of nitrogens with one attached hydrogen (secondary N) is 1. The van der Waals surface area contributed by atoms with Gasteiger partial charge in [0.1, 0.15) is 0 Å². The van der Waals surface area contributed by atoms with E-state index in [1.165, 1.54) is 39.7 Å². The first-order chi connectivity index (χ1) is 8.04. The van der Waals surface area contributed by atoms with Gasteiger partial charge in [0.2, 0.25) is 0 Å². The monoisotopic (exact) mass is 241 g/mol. The maximum atomic E-state index is 11.3. The second-order valence-corrected chi connectivity index (χ2v) is 5.74. The zero-order chi connectivity index (χ0) is 12.5. The predicted octanol–water partition coefficient (Wildman–Crippen LogP) is 0.936. The van der Waals surface area contributed by atoms with Gasteiger partial charge in [0.25, 0.3) is 0 Å². The molecule has 2 N–H and O–H groups in total. The quantitative estimate of drug-likeness (QED) is 0.651. The molecule has 17 heavy (non-hydrogen) atoms. The lowest BCUT2D eigenvalue weighted by Gasteiger charge is -2.23. The van der Waals surface area contributed by atoms with E-state index in [0.717, 1.165) is 24.3 Å². The summed E-state index contributed by atoms with van der Waals surface area (Å²) >= 11 is 0. The van der Waals surface area contributed by atoms with E-state index in [4.69, 9.17) is 0 Å². The third-order valence-corrected chi connectivity index (χ3v) is 3.93.